The van der Waals surface area contributed by atoms with Gasteiger partial charge in [-0.05, 0) is 74.3 Å². The van der Waals surface area contributed by atoms with Gasteiger partial charge in [-0.25, -0.2) is 0 Å². The minimum Gasteiger partial charge on any atom is -0.344 e. The van der Waals surface area contributed by atoms with Crippen molar-refractivity contribution in [2.75, 3.05) is 5.32 Å². The van der Waals surface area contributed by atoms with Crippen molar-refractivity contribution < 1.29 is 9.59 Å². The standard InChI is InChI=1S/C22H30N2O2/c1-14(2)19(20(25)23-18-6-4-3-5-7-18)24-21(26)22-11-15-8-16(12-22)10-17(9-15)13-22/h3-7,14-17,19H,8-13H2,1-2H3,(H,23,25)(H,24,26)/t15?,16?,17?,19-,22?/m1/s1. The Balaban J connectivity index is 1.46. The van der Waals surface area contributed by atoms with E-state index in [4.69, 9.17) is 0 Å². The van der Waals surface area contributed by atoms with Gasteiger partial charge < -0.3 is 10.6 Å². The molecule has 140 valence electrons. The third-order valence-electron chi connectivity index (χ3n) is 6.80. The van der Waals surface area contributed by atoms with E-state index in [1.165, 1.54) is 19.3 Å². The van der Waals surface area contributed by atoms with Gasteiger partial charge in [-0.2, -0.15) is 0 Å². The summed E-state index contributed by atoms with van der Waals surface area (Å²) in [4.78, 5) is 26.1. The van der Waals surface area contributed by atoms with E-state index in [0.29, 0.717) is 0 Å². The van der Waals surface area contributed by atoms with Gasteiger partial charge in [0.1, 0.15) is 6.04 Å². The molecule has 2 N–H and O–H groups in total. The second-order valence-corrected chi connectivity index (χ2v) is 9.25. The maximum atomic E-state index is 13.3. The minimum atomic E-state index is -0.490. The van der Waals surface area contributed by atoms with Gasteiger partial charge >= 0.3 is 0 Å². The van der Waals surface area contributed by atoms with E-state index in [2.05, 4.69) is 10.6 Å². The molecule has 5 rings (SSSR count). The molecule has 0 saturated heterocycles. The fraction of sp³-hybridized carbons (Fsp3) is 0.636. The highest BCUT2D eigenvalue weighted by molar-refractivity contribution is 5.98. The summed E-state index contributed by atoms with van der Waals surface area (Å²) in [6.45, 7) is 3.99. The van der Waals surface area contributed by atoms with E-state index in [0.717, 1.165) is 42.7 Å². The third-order valence-corrected chi connectivity index (χ3v) is 6.80. The van der Waals surface area contributed by atoms with Crippen LogP contribution >= 0.6 is 0 Å². The van der Waals surface area contributed by atoms with Gasteiger partial charge in [-0.1, -0.05) is 32.0 Å². The van der Waals surface area contributed by atoms with Gasteiger partial charge in [0.25, 0.3) is 0 Å². The van der Waals surface area contributed by atoms with Crippen molar-refractivity contribution >= 4 is 17.5 Å². The number of hydrogen-bond donors (Lipinski definition) is 2. The van der Waals surface area contributed by atoms with Crippen LogP contribution in [0.1, 0.15) is 52.4 Å². The van der Waals surface area contributed by atoms with E-state index in [-0.39, 0.29) is 23.1 Å². The van der Waals surface area contributed by atoms with E-state index in [1.54, 1.807) is 0 Å². The summed E-state index contributed by atoms with van der Waals surface area (Å²) in [5, 5.41) is 6.09. The number of carbonyl (C=O) groups excluding carboxylic acids is 2. The number of rotatable bonds is 5. The van der Waals surface area contributed by atoms with E-state index >= 15 is 0 Å². The number of amides is 2. The Morgan fingerprint density at radius 3 is 2.00 bits per heavy atom. The Bertz CT molecular complexity index is 647. The largest absolute Gasteiger partial charge is 0.344 e. The van der Waals surface area contributed by atoms with Crippen LogP contribution in [0.2, 0.25) is 0 Å². The van der Waals surface area contributed by atoms with Crippen molar-refractivity contribution in [1.82, 2.24) is 5.32 Å². The Labute approximate surface area is 156 Å². The number of benzene rings is 1. The van der Waals surface area contributed by atoms with E-state index in [9.17, 15) is 9.59 Å². The molecule has 4 saturated carbocycles. The lowest BCUT2D eigenvalue weighted by molar-refractivity contribution is -0.148. The SMILES string of the molecule is CC(C)[C@@H](NC(=O)C12CC3CC(CC(C3)C1)C2)C(=O)Nc1ccccc1. The maximum absolute atomic E-state index is 13.3. The molecule has 4 nitrogen and oxygen atoms in total. The first-order chi connectivity index (χ1) is 12.4. The fourth-order valence-electron chi connectivity index (χ4n) is 5.96. The molecule has 0 spiro atoms. The predicted octanol–water partition coefficient (Wildman–Crippen LogP) is 3.98. The van der Waals surface area contributed by atoms with Crippen LogP contribution in [0, 0.1) is 29.1 Å². The molecule has 1 aromatic rings. The second-order valence-electron chi connectivity index (χ2n) is 9.25. The molecule has 26 heavy (non-hydrogen) atoms. The highest BCUT2D eigenvalue weighted by Crippen LogP contribution is 2.60. The van der Waals surface area contributed by atoms with E-state index < -0.39 is 6.04 Å². The van der Waals surface area contributed by atoms with Crippen molar-refractivity contribution in [3.63, 3.8) is 0 Å². The number of carbonyl (C=O) groups is 2. The third kappa shape index (κ3) is 3.26. The van der Waals surface area contributed by atoms with Crippen LogP contribution < -0.4 is 10.6 Å². The van der Waals surface area contributed by atoms with Crippen molar-refractivity contribution in [3.05, 3.63) is 30.3 Å². The van der Waals surface area contributed by atoms with Crippen LogP contribution in [0.5, 0.6) is 0 Å². The molecule has 1 aromatic carbocycles. The monoisotopic (exact) mass is 354 g/mol. The molecule has 0 unspecified atom stereocenters. The summed E-state index contributed by atoms with van der Waals surface area (Å²) in [6.07, 6.45) is 7.01. The highest BCUT2D eigenvalue weighted by Gasteiger charge is 2.55. The zero-order chi connectivity index (χ0) is 18.3. The maximum Gasteiger partial charge on any atom is 0.247 e. The van der Waals surface area contributed by atoms with Gasteiger partial charge in [-0.15, -0.1) is 0 Å². The molecule has 4 aliphatic carbocycles. The zero-order valence-corrected chi connectivity index (χ0v) is 15.8. The molecule has 0 radical (unpaired) electrons. The van der Waals surface area contributed by atoms with E-state index in [1.807, 2.05) is 44.2 Å². The fourth-order valence-corrected chi connectivity index (χ4v) is 5.96. The predicted molar refractivity (Wildman–Crippen MR) is 102 cm³/mol. The zero-order valence-electron chi connectivity index (χ0n) is 15.8. The van der Waals surface area contributed by atoms with Gasteiger partial charge in [0, 0.05) is 11.1 Å². The van der Waals surface area contributed by atoms with Crippen molar-refractivity contribution in [1.29, 1.82) is 0 Å². The van der Waals surface area contributed by atoms with Crippen molar-refractivity contribution in [3.8, 4) is 0 Å². The molecule has 4 fully saturated rings. The Morgan fingerprint density at radius 2 is 1.50 bits per heavy atom. The molecule has 0 heterocycles. The van der Waals surface area contributed by atoms with Crippen LogP contribution in [-0.2, 0) is 9.59 Å². The summed E-state index contributed by atoms with van der Waals surface area (Å²) in [6, 6.07) is 8.97. The van der Waals surface area contributed by atoms with Crippen molar-refractivity contribution in [2.24, 2.45) is 29.1 Å². The highest BCUT2D eigenvalue weighted by atomic mass is 16.2. The van der Waals surface area contributed by atoms with Crippen molar-refractivity contribution in [2.45, 2.75) is 58.4 Å². The molecule has 4 bridgehead atoms. The summed E-state index contributed by atoms with van der Waals surface area (Å²) in [7, 11) is 0. The average Bonchev–Trinajstić information content (AvgIpc) is 2.58. The van der Waals surface area contributed by atoms with Gasteiger partial charge in [0.2, 0.25) is 11.8 Å². The minimum absolute atomic E-state index is 0.0524. The molecule has 4 heteroatoms. The first kappa shape index (κ1) is 17.6. The molecule has 0 aliphatic heterocycles. The smallest absolute Gasteiger partial charge is 0.247 e. The number of anilines is 1. The molecule has 2 amide bonds. The molecular formula is C22H30N2O2. The Hall–Kier alpha value is -1.84. The average molecular weight is 354 g/mol. The molecule has 0 aromatic heterocycles. The van der Waals surface area contributed by atoms with Crippen LogP contribution in [0.15, 0.2) is 30.3 Å². The summed E-state index contributed by atoms with van der Waals surface area (Å²) in [5.41, 5.74) is 0.557. The quantitative estimate of drug-likeness (QED) is 0.840. The van der Waals surface area contributed by atoms with Crippen LogP contribution in [0.25, 0.3) is 0 Å². The summed E-state index contributed by atoms with van der Waals surface area (Å²) >= 11 is 0. The second kappa shape index (κ2) is 6.71. The summed E-state index contributed by atoms with van der Waals surface area (Å²) in [5.74, 6) is 2.23. The number of nitrogens with one attached hydrogen (secondary N) is 2. The van der Waals surface area contributed by atoms with Gasteiger partial charge in [0.15, 0.2) is 0 Å². The number of hydrogen-bond acceptors (Lipinski definition) is 2. The summed E-state index contributed by atoms with van der Waals surface area (Å²) < 4.78 is 0. The molecule has 1 atom stereocenters. The van der Waals surface area contributed by atoms with Crippen LogP contribution in [-0.4, -0.2) is 17.9 Å². The lowest BCUT2D eigenvalue weighted by Crippen LogP contribution is -2.57. The van der Waals surface area contributed by atoms with Crippen LogP contribution in [0.4, 0.5) is 5.69 Å². The van der Waals surface area contributed by atoms with Crippen LogP contribution in [0.3, 0.4) is 0 Å². The lowest BCUT2D eigenvalue weighted by atomic mass is 9.49. The molecular weight excluding hydrogens is 324 g/mol. The Kier molecular flexibility index (Phi) is 4.54. The Morgan fingerprint density at radius 1 is 0.962 bits per heavy atom. The topological polar surface area (TPSA) is 58.2 Å². The lowest BCUT2D eigenvalue weighted by Gasteiger charge is -2.55. The first-order valence-corrected chi connectivity index (χ1v) is 10.1. The van der Waals surface area contributed by atoms with Gasteiger partial charge in [0.05, 0.1) is 0 Å². The number of para-hydroxylation sites is 1. The van der Waals surface area contributed by atoms with Gasteiger partial charge in [-0.3, -0.25) is 9.59 Å². The normalized spacial score (nSPS) is 33.1. The first-order valence-electron chi connectivity index (χ1n) is 10.1. The molecule has 4 aliphatic rings.